The highest BCUT2D eigenvalue weighted by Crippen LogP contribution is 2.01. The first-order chi connectivity index (χ1) is 8.09. The van der Waals surface area contributed by atoms with E-state index in [1.807, 2.05) is 30.3 Å². The van der Waals surface area contributed by atoms with Crippen molar-refractivity contribution < 1.29 is 14.7 Å². The van der Waals surface area contributed by atoms with Gasteiger partial charge in [-0.3, -0.25) is 9.59 Å². The molecule has 92 valence electrons. The predicted molar refractivity (Wildman–Crippen MR) is 63.1 cm³/mol. The van der Waals surface area contributed by atoms with Gasteiger partial charge in [0.2, 0.25) is 5.91 Å². The summed E-state index contributed by atoms with van der Waals surface area (Å²) in [5.74, 6) is -1.46. The largest absolute Gasteiger partial charge is 0.481 e. The maximum Gasteiger partial charge on any atom is 0.303 e. The molecule has 0 fully saturated rings. The molecule has 0 spiro atoms. The molecule has 0 aliphatic rings. The fourth-order valence-electron chi connectivity index (χ4n) is 1.45. The van der Waals surface area contributed by atoms with Gasteiger partial charge in [-0.1, -0.05) is 30.3 Å². The molecule has 4 N–H and O–H groups in total. The van der Waals surface area contributed by atoms with Crippen LogP contribution in [0.1, 0.15) is 18.4 Å². The summed E-state index contributed by atoms with van der Waals surface area (Å²) in [6.45, 7) is 0.494. The lowest BCUT2D eigenvalue weighted by Gasteiger charge is -2.14. The van der Waals surface area contributed by atoms with Crippen molar-refractivity contribution in [2.45, 2.75) is 25.4 Å². The van der Waals surface area contributed by atoms with E-state index < -0.39 is 17.9 Å². The van der Waals surface area contributed by atoms with Crippen LogP contribution in [0.5, 0.6) is 0 Å². The van der Waals surface area contributed by atoms with E-state index in [9.17, 15) is 9.59 Å². The Morgan fingerprint density at radius 3 is 2.47 bits per heavy atom. The molecule has 0 saturated carbocycles. The van der Waals surface area contributed by atoms with Crippen molar-refractivity contribution in [2.75, 3.05) is 0 Å². The summed E-state index contributed by atoms with van der Waals surface area (Å²) in [5.41, 5.74) is 6.22. The zero-order valence-corrected chi connectivity index (χ0v) is 9.43. The molecule has 0 aromatic heterocycles. The van der Waals surface area contributed by atoms with Gasteiger partial charge in [0.1, 0.15) is 0 Å². The first-order valence-corrected chi connectivity index (χ1v) is 5.38. The third-order valence-corrected chi connectivity index (χ3v) is 2.39. The molecule has 0 radical (unpaired) electrons. The van der Waals surface area contributed by atoms with E-state index in [4.69, 9.17) is 10.8 Å². The van der Waals surface area contributed by atoms with Gasteiger partial charge in [0, 0.05) is 13.0 Å². The predicted octanol–water partition coefficient (Wildman–Crippen LogP) is 0.495. The van der Waals surface area contributed by atoms with Crippen LogP contribution in [0.25, 0.3) is 0 Å². The molecule has 1 atom stereocenters. The van der Waals surface area contributed by atoms with Gasteiger partial charge in [-0.05, 0) is 12.0 Å². The molecular formula is C12H16N2O3. The third kappa shape index (κ3) is 5.12. The van der Waals surface area contributed by atoms with E-state index in [0.29, 0.717) is 6.54 Å². The Labute approximate surface area is 99.6 Å². The molecule has 1 rings (SSSR count). The highest BCUT2D eigenvalue weighted by atomic mass is 16.4. The number of carboxylic acid groups (broad SMARTS) is 1. The number of aliphatic carboxylic acids is 1. The van der Waals surface area contributed by atoms with Crippen LogP contribution in [0.15, 0.2) is 30.3 Å². The van der Waals surface area contributed by atoms with Crippen LogP contribution in [-0.2, 0) is 16.1 Å². The first kappa shape index (κ1) is 13.2. The zero-order valence-electron chi connectivity index (χ0n) is 9.43. The van der Waals surface area contributed by atoms with E-state index in [0.717, 1.165) is 5.56 Å². The lowest BCUT2D eigenvalue weighted by molar-refractivity contribution is -0.137. The van der Waals surface area contributed by atoms with Gasteiger partial charge >= 0.3 is 5.97 Å². The van der Waals surface area contributed by atoms with E-state index in [1.165, 1.54) is 0 Å². The van der Waals surface area contributed by atoms with Gasteiger partial charge < -0.3 is 16.2 Å². The van der Waals surface area contributed by atoms with Gasteiger partial charge in [-0.25, -0.2) is 0 Å². The molecule has 0 aliphatic carbocycles. The SMILES string of the molecule is NC(=O)[C@@H](CCC(=O)O)NCc1ccccc1. The molecule has 5 heteroatoms. The minimum absolute atomic E-state index is 0.0740. The molecule has 1 aromatic carbocycles. The summed E-state index contributed by atoms with van der Waals surface area (Å²) in [4.78, 5) is 21.5. The fourth-order valence-corrected chi connectivity index (χ4v) is 1.45. The Kier molecular flexibility index (Phi) is 5.16. The lowest BCUT2D eigenvalue weighted by Crippen LogP contribution is -2.41. The Bertz CT molecular complexity index is 379. The molecule has 0 bridgehead atoms. The molecule has 0 aliphatic heterocycles. The number of nitrogens with two attached hydrogens (primary N) is 1. The van der Waals surface area contributed by atoms with Crippen molar-refractivity contribution in [1.29, 1.82) is 0 Å². The topological polar surface area (TPSA) is 92.4 Å². The second-order valence-corrected chi connectivity index (χ2v) is 3.75. The lowest BCUT2D eigenvalue weighted by atomic mass is 10.1. The van der Waals surface area contributed by atoms with E-state index >= 15 is 0 Å². The number of benzene rings is 1. The number of carbonyl (C=O) groups is 2. The summed E-state index contributed by atoms with van der Waals surface area (Å²) in [6, 6.07) is 8.93. The first-order valence-electron chi connectivity index (χ1n) is 5.38. The average Bonchev–Trinajstić information content (AvgIpc) is 2.29. The summed E-state index contributed by atoms with van der Waals surface area (Å²) >= 11 is 0. The van der Waals surface area contributed by atoms with Crippen LogP contribution in [0.3, 0.4) is 0 Å². The van der Waals surface area contributed by atoms with E-state index in [-0.39, 0.29) is 12.8 Å². The second-order valence-electron chi connectivity index (χ2n) is 3.75. The minimum Gasteiger partial charge on any atom is -0.481 e. The number of hydrogen-bond acceptors (Lipinski definition) is 3. The van der Waals surface area contributed by atoms with Gasteiger partial charge in [-0.2, -0.15) is 0 Å². The van der Waals surface area contributed by atoms with E-state index in [2.05, 4.69) is 5.32 Å². The Hall–Kier alpha value is -1.88. The Balaban J connectivity index is 2.45. The van der Waals surface area contributed by atoms with Crippen molar-refractivity contribution in [3.05, 3.63) is 35.9 Å². The molecule has 0 unspecified atom stereocenters. The highest BCUT2D eigenvalue weighted by Gasteiger charge is 2.15. The Morgan fingerprint density at radius 1 is 1.29 bits per heavy atom. The average molecular weight is 236 g/mol. The molecule has 17 heavy (non-hydrogen) atoms. The number of amides is 1. The van der Waals surface area contributed by atoms with Crippen LogP contribution in [-0.4, -0.2) is 23.0 Å². The van der Waals surface area contributed by atoms with Crippen molar-refractivity contribution in [3.63, 3.8) is 0 Å². The van der Waals surface area contributed by atoms with Gasteiger partial charge in [0.05, 0.1) is 6.04 Å². The number of carboxylic acids is 1. The quantitative estimate of drug-likeness (QED) is 0.642. The standard InChI is InChI=1S/C12H16N2O3/c13-12(17)10(6-7-11(15)16)14-8-9-4-2-1-3-5-9/h1-5,10,14H,6-8H2,(H2,13,17)(H,15,16)/t10-/m1/s1. The third-order valence-electron chi connectivity index (χ3n) is 2.39. The van der Waals surface area contributed by atoms with Gasteiger partial charge in [0.25, 0.3) is 0 Å². The van der Waals surface area contributed by atoms with Gasteiger partial charge in [0.15, 0.2) is 0 Å². The van der Waals surface area contributed by atoms with Crippen LogP contribution in [0, 0.1) is 0 Å². The molecule has 5 nitrogen and oxygen atoms in total. The van der Waals surface area contributed by atoms with Crippen LogP contribution >= 0.6 is 0 Å². The molecule has 0 heterocycles. The van der Waals surface area contributed by atoms with Crippen LogP contribution < -0.4 is 11.1 Å². The van der Waals surface area contributed by atoms with Gasteiger partial charge in [-0.15, -0.1) is 0 Å². The number of hydrogen-bond donors (Lipinski definition) is 3. The fraction of sp³-hybridized carbons (Fsp3) is 0.333. The molecular weight excluding hydrogens is 220 g/mol. The normalized spacial score (nSPS) is 12.0. The molecule has 0 saturated heterocycles. The minimum atomic E-state index is -0.933. The van der Waals surface area contributed by atoms with Crippen LogP contribution in [0.4, 0.5) is 0 Å². The summed E-state index contributed by atoms with van der Waals surface area (Å²) in [6.07, 6.45) is 0.132. The zero-order chi connectivity index (χ0) is 12.7. The van der Waals surface area contributed by atoms with E-state index in [1.54, 1.807) is 0 Å². The monoisotopic (exact) mass is 236 g/mol. The van der Waals surface area contributed by atoms with Crippen molar-refractivity contribution in [2.24, 2.45) is 5.73 Å². The van der Waals surface area contributed by atoms with Crippen LogP contribution in [0.2, 0.25) is 0 Å². The maximum atomic E-state index is 11.1. The second kappa shape index (κ2) is 6.65. The maximum absolute atomic E-state index is 11.1. The Morgan fingerprint density at radius 2 is 1.94 bits per heavy atom. The number of carbonyl (C=O) groups excluding carboxylic acids is 1. The van der Waals surface area contributed by atoms with Crippen molar-refractivity contribution >= 4 is 11.9 Å². The summed E-state index contributed by atoms with van der Waals surface area (Å²) in [7, 11) is 0. The number of rotatable bonds is 7. The summed E-state index contributed by atoms with van der Waals surface area (Å²) < 4.78 is 0. The smallest absolute Gasteiger partial charge is 0.303 e. The van der Waals surface area contributed by atoms with Crippen molar-refractivity contribution in [1.82, 2.24) is 5.32 Å². The number of nitrogens with one attached hydrogen (secondary N) is 1. The summed E-state index contributed by atoms with van der Waals surface area (Å²) in [5, 5.41) is 11.5. The highest BCUT2D eigenvalue weighted by molar-refractivity contribution is 5.80. The van der Waals surface area contributed by atoms with Crippen molar-refractivity contribution in [3.8, 4) is 0 Å². The number of primary amides is 1. The molecule has 1 amide bonds. The molecule has 1 aromatic rings.